The number of nitrogens with one attached hydrogen (secondary N) is 2. The maximum atomic E-state index is 11.0. The molecule has 0 fully saturated rings. The van der Waals surface area contributed by atoms with Gasteiger partial charge in [0.1, 0.15) is 0 Å². The second kappa shape index (κ2) is 3.61. The average molecular weight is 163 g/mol. The van der Waals surface area contributed by atoms with Crippen LogP contribution in [0.5, 0.6) is 0 Å². The monoisotopic (exact) mass is 163 g/mol. The molecule has 1 aromatic rings. The summed E-state index contributed by atoms with van der Waals surface area (Å²) in [6.45, 7) is 0. The summed E-state index contributed by atoms with van der Waals surface area (Å²) in [4.78, 5) is 11.0. The molecule has 0 aliphatic rings. The molecule has 0 bridgehead atoms. The van der Waals surface area contributed by atoms with Gasteiger partial charge in [-0.2, -0.15) is 0 Å². The Morgan fingerprint density at radius 1 is 1.42 bits per heavy atom. The largest absolute Gasteiger partial charge is 0.502 e. The van der Waals surface area contributed by atoms with Crippen molar-refractivity contribution < 1.29 is 9.91 Å². The Labute approximate surface area is 70.1 Å². The fourth-order valence-corrected chi connectivity index (χ4v) is 0.840. The molecule has 0 aliphatic heterocycles. The van der Waals surface area contributed by atoms with E-state index in [-0.39, 0.29) is 5.91 Å². The molecule has 0 saturated heterocycles. The molecule has 0 aliphatic carbocycles. The predicted octanol–water partition coefficient (Wildman–Crippen LogP) is -0.220. The molecule has 0 unspecified atom stereocenters. The summed E-state index contributed by atoms with van der Waals surface area (Å²) in [7, 11) is 1.57. The molecule has 0 atom stereocenters. The van der Waals surface area contributed by atoms with Crippen molar-refractivity contribution in [1.29, 1.82) is 0 Å². The summed E-state index contributed by atoms with van der Waals surface area (Å²) in [6.07, 6.45) is 0. The van der Waals surface area contributed by atoms with Crippen LogP contribution >= 0.6 is 0 Å². The molecule has 2 N–H and O–H groups in total. The number of rotatable bonds is 2. The highest BCUT2D eigenvalue weighted by Gasteiger charge is 2.01. The van der Waals surface area contributed by atoms with Crippen molar-refractivity contribution in [1.82, 2.24) is 5.32 Å². The minimum atomic E-state index is -0.139. The molecule has 0 saturated carbocycles. The van der Waals surface area contributed by atoms with E-state index < -0.39 is 0 Å². The van der Waals surface area contributed by atoms with E-state index in [1.54, 1.807) is 31.3 Å². The smallest absolute Gasteiger partial charge is 0.251 e. The quantitative estimate of drug-likeness (QED) is 0.581. The normalized spacial score (nSPS) is 9.08. The third kappa shape index (κ3) is 1.66. The zero-order valence-corrected chi connectivity index (χ0v) is 6.66. The topological polar surface area (TPSA) is 65.4 Å². The first-order valence-electron chi connectivity index (χ1n) is 3.50. The highest BCUT2D eigenvalue weighted by Crippen LogP contribution is 2.03. The van der Waals surface area contributed by atoms with Gasteiger partial charge < -0.3 is 10.8 Å². The minimum Gasteiger partial charge on any atom is -0.502 e. The van der Waals surface area contributed by atoms with Gasteiger partial charge >= 0.3 is 0 Å². The first-order valence-corrected chi connectivity index (χ1v) is 3.50. The van der Waals surface area contributed by atoms with Crippen molar-refractivity contribution in [3.05, 3.63) is 35.4 Å². The highest BCUT2D eigenvalue weighted by atomic mass is 16.1. The Bertz CT molecular complexity index is 292. The number of nitrogens with zero attached hydrogens (tertiary/aromatic N) is 1. The van der Waals surface area contributed by atoms with Gasteiger partial charge in [-0.25, -0.2) is 0 Å². The predicted molar refractivity (Wildman–Crippen MR) is 43.8 cm³/mol. The van der Waals surface area contributed by atoms with Gasteiger partial charge in [0.15, 0.2) is 5.69 Å². The summed E-state index contributed by atoms with van der Waals surface area (Å²) in [5.41, 5.74) is 9.60. The number of hydrogen-bond donors (Lipinski definition) is 2. The zero-order valence-electron chi connectivity index (χ0n) is 6.66. The number of carbonyl (C=O) groups is 1. The van der Waals surface area contributed by atoms with Gasteiger partial charge in [-0.05, 0) is 12.1 Å². The van der Waals surface area contributed by atoms with Crippen LogP contribution in [0.3, 0.4) is 0 Å². The molecule has 62 valence electrons. The third-order valence-electron chi connectivity index (χ3n) is 1.50. The second-order valence-corrected chi connectivity index (χ2v) is 2.27. The Hall–Kier alpha value is -1.71. The van der Waals surface area contributed by atoms with Crippen LogP contribution in [0.25, 0.3) is 5.53 Å². The Kier molecular flexibility index (Phi) is 2.53. The maximum absolute atomic E-state index is 11.0. The molecule has 1 rings (SSSR count). The Morgan fingerprint density at radius 3 is 2.42 bits per heavy atom. The van der Waals surface area contributed by atoms with E-state index in [0.717, 1.165) is 0 Å². The number of amides is 1. The van der Waals surface area contributed by atoms with Crippen molar-refractivity contribution in [2.75, 3.05) is 7.05 Å². The van der Waals surface area contributed by atoms with Crippen LogP contribution in [0.4, 0.5) is 5.69 Å². The van der Waals surface area contributed by atoms with E-state index in [1.165, 1.54) is 0 Å². The molecule has 4 nitrogen and oxygen atoms in total. The standard InChI is InChI=1S/C8H9N3O/c1-10-8(12)6-2-4-7(11-9)5-3-6/h2-5,11H,1H3,(H,10,12). The lowest BCUT2D eigenvalue weighted by Gasteiger charge is -1.97. The molecule has 12 heavy (non-hydrogen) atoms. The summed E-state index contributed by atoms with van der Waals surface area (Å²) < 4.78 is 0. The molecular formula is C8H9N3O. The molecule has 0 spiro atoms. The zero-order chi connectivity index (χ0) is 8.97. The van der Waals surface area contributed by atoms with Gasteiger partial charge in [-0.1, -0.05) is 0 Å². The van der Waals surface area contributed by atoms with E-state index >= 15 is 0 Å². The number of hydrogen-bond acceptors (Lipinski definition) is 1. The third-order valence-corrected chi connectivity index (χ3v) is 1.50. The highest BCUT2D eigenvalue weighted by molar-refractivity contribution is 5.94. The van der Waals surface area contributed by atoms with Crippen molar-refractivity contribution in [2.45, 2.75) is 0 Å². The second-order valence-electron chi connectivity index (χ2n) is 2.27. The van der Waals surface area contributed by atoms with Gasteiger partial charge in [-0.15, -0.1) is 0 Å². The van der Waals surface area contributed by atoms with E-state index in [4.69, 9.17) is 5.53 Å². The first-order chi connectivity index (χ1) is 5.77. The van der Waals surface area contributed by atoms with Crippen LogP contribution in [0.1, 0.15) is 10.4 Å². The van der Waals surface area contributed by atoms with Crippen molar-refractivity contribution in [2.24, 2.45) is 0 Å². The van der Waals surface area contributed by atoms with Crippen LogP contribution < -0.4 is 10.4 Å². The molecule has 1 aromatic carbocycles. The summed E-state index contributed by atoms with van der Waals surface area (Å²) >= 11 is 0. The first kappa shape index (κ1) is 8.39. The molecule has 0 radical (unpaired) electrons. The van der Waals surface area contributed by atoms with Crippen LogP contribution in [-0.2, 0) is 0 Å². The van der Waals surface area contributed by atoms with Gasteiger partial charge in [0.25, 0.3) is 5.91 Å². The fraction of sp³-hybridized carbons (Fsp3) is 0.125. The summed E-state index contributed by atoms with van der Waals surface area (Å²) in [5, 5.41) is 4.48. The lowest BCUT2D eigenvalue weighted by atomic mass is 10.2. The molecule has 0 heterocycles. The van der Waals surface area contributed by atoms with Crippen LogP contribution in [0.2, 0.25) is 0 Å². The van der Waals surface area contributed by atoms with Crippen LogP contribution in [-0.4, -0.2) is 13.0 Å². The van der Waals surface area contributed by atoms with Gasteiger partial charge in [0.2, 0.25) is 0 Å². The molecule has 4 heteroatoms. The fourth-order valence-electron chi connectivity index (χ4n) is 0.840. The summed E-state index contributed by atoms with van der Waals surface area (Å²) in [6, 6.07) is 6.48. The Balaban J connectivity index is 2.91. The van der Waals surface area contributed by atoms with E-state index in [2.05, 4.69) is 5.32 Å². The lowest BCUT2D eigenvalue weighted by Crippen LogP contribution is -2.54. The van der Waals surface area contributed by atoms with Crippen molar-refractivity contribution >= 4 is 11.6 Å². The SMILES string of the molecule is CNC(=O)c1ccc([NH+]=[N-])cc1. The molecule has 1 amide bonds. The van der Waals surface area contributed by atoms with E-state index in [0.29, 0.717) is 11.3 Å². The molecule has 0 aromatic heterocycles. The Morgan fingerprint density at radius 2 is 2.00 bits per heavy atom. The number of carbonyl (C=O) groups excluding carboxylic acids is 1. The van der Waals surface area contributed by atoms with Crippen LogP contribution in [0.15, 0.2) is 24.3 Å². The average Bonchev–Trinajstić information content (AvgIpc) is 2.17. The van der Waals surface area contributed by atoms with Crippen LogP contribution in [0, 0.1) is 0 Å². The van der Waals surface area contributed by atoms with E-state index in [1.807, 2.05) is 5.11 Å². The molecular weight excluding hydrogens is 154 g/mol. The van der Waals surface area contributed by atoms with Gasteiger partial charge in [-0.3, -0.25) is 9.91 Å². The lowest BCUT2D eigenvalue weighted by molar-refractivity contribution is -0.379. The van der Waals surface area contributed by atoms with Crippen molar-refractivity contribution in [3.8, 4) is 0 Å². The van der Waals surface area contributed by atoms with Crippen molar-refractivity contribution in [3.63, 3.8) is 0 Å². The van der Waals surface area contributed by atoms with E-state index in [9.17, 15) is 4.79 Å². The van der Waals surface area contributed by atoms with Gasteiger partial charge in [0.05, 0.1) is 0 Å². The maximum Gasteiger partial charge on any atom is 0.251 e. The minimum absolute atomic E-state index is 0.139. The summed E-state index contributed by atoms with van der Waals surface area (Å²) in [5.74, 6) is -0.139. The number of benzene rings is 1. The van der Waals surface area contributed by atoms with Gasteiger partial charge in [0, 0.05) is 24.7 Å².